The van der Waals surface area contributed by atoms with Crippen LogP contribution in [0.5, 0.6) is 5.75 Å². The number of allylic oxidation sites excluding steroid dienone is 1. The SMILES string of the molecule is CCc1nc2ccccc2n1Cc1ccc2c(c1)COc1ccccc1/C2=C(\C)C#N. The van der Waals surface area contributed by atoms with Gasteiger partial charge in [-0.2, -0.15) is 5.26 Å². The van der Waals surface area contributed by atoms with Crippen LogP contribution < -0.4 is 4.74 Å². The maximum absolute atomic E-state index is 9.66. The van der Waals surface area contributed by atoms with Crippen LogP contribution in [0.4, 0.5) is 0 Å². The molecule has 2 heterocycles. The molecule has 31 heavy (non-hydrogen) atoms. The van der Waals surface area contributed by atoms with Gasteiger partial charge in [-0.1, -0.05) is 49.4 Å². The summed E-state index contributed by atoms with van der Waals surface area (Å²) in [6.45, 7) is 5.25. The van der Waals surface area contributed by atoms with Gasteiger partial charge in [-0.3, -0.25) is 0 Å². The number of hydrogen-bond acceptors (Lipinski definition) is 3. The summed E-state index contributed by atoms with van der Waals surface area (Å²) in [5.41, 5.74) is 8.17. The highest BCUT2D eigenvalue weighted by Crippen LogP contribution is 2.38. The number of nitrogens with zero attached hydrogens (tertiary/aromatic N) is 3. The first-order chi connectivity index (χ1) is 15.2. The summed E-state index contributed by atoms with van der Waals surface area (Å²) in [4.78, 5) is 4.80. The monoisotopic (exact) mass is 405 g/mol. The van der Waals surface area contributed by atoms with Crippen molar-refractivity contribution in [1.29, 1.82) is 5.26 Å². The molecule has 4 heteroatoms. The molecule has 0 fully saturated rings. The van der Waals surface area contributed by atoms with Crippen LogP contribution in [-0.4, -0.2) is 9.55 Å². The molecule has 1 aliphatic heterocycles. The third kappa shape index (κ3) is 3.29. The van der Waals surface area contributed by atoms with E-state index >= 15 is 0 Å². The van der Waals surface area contributed by atoms with E-state index in [2.05, 4.69) is 54.0 Å². The molecule has 0 saturated carbocycles. The molecule has 0 N–H and O–H groups in total. The molecule has 1 aliphatic rings. The minimum Gasteiger partial charge on any atom is -0.488 e. The van der Waals surface area contributed by atoms with Gasteiger partial charge in [-0.15, -0.1) is 0 Å². The number of aryl methyl sites for hydroxylation is 1. The minimum absolute atomic E-state index is 0.480. The highest BCUT2D eigenvalue weighted by atomic mass is 16.5. The Hall–Kier alpha value is -3.84. The number of benzene rings is 3. The fraction of sp³-hybridized carbons (Fsp3) is 0.185. The quantitative estimate of drug-likeness (QED) is 0.400. The summed E-state index contributed by atoms with van der Waals surface area (Å²) in [6, 6.07) is 25.1. The van der Waals surface area contributed by atoms with Crippen molar-refractivity contribution in [2.24, 2.45) is 0 Å². The topological polar surface area (TPSA) is 50.8 Å². The zero-order valence-electron chi connectivity index (χ0n) is 17.7. The average Bonchev–Trinajstić information content (AvgIpc) is 3.07. The van der Waals surface area contributed by atoms with Gasteiger partial charge < -0.3 is 9.30 Å². The molecule has 3 aromatic carbocycles. The molecule has 4 nitrogen and oxygen atoms in total. The van der Waals surface area contributed by atoms with Gasteiger partial charge in [0, 0.05) is 29.7 Å². The highest BCUT2D eigenvalue weighted by Gasteiger charge is 2.21. The number of nitriles is 1. The third-order valence-electron chi connectivity index (χ3n) is 5.91. The van der Waals surface area contributed by atoms with E-state index in [0.29, 0.717) is 12.2 Å². The molecule has 0 aliphatic carbocycles. The van der Waals surface area contributed by atoms with Crippen LogP contribution in [0.3, 0.4) is 0 Å². The molecule has 1 aromatic heterocycles. The minimum atomic E-state index is 0.480. The largest absolute Gasteiger partial charge is 0.488 e. The fourth-order valence-corrected chi connectivity index (χ4v) is 4.42. The second-order valence-corrected chi connectivity index (χ2v) is 7.84. The molecule has 5 rings (SSSR count). The lowest BCUT2D eigenvalue weighted by atomic mass is 9.90. The number of ether oxygens (including phenoxy) is 1. The first kappa shape index (κ1) is 19.1. The Morgan fingerprint density at radius 3 is 2.71 bits per heavy atom. The normalized spacial score (nSPS) is 14.2. The van der Waals surface area contributed by atoms with Gasteiger partial charge in [-0.25, -0.2) is 4.98 Å². The number of rotatable bonds is 3. The summed E-state index contributed by atoms with van der Waals surface area (Å²) >= 11 is 0. The molecule has 152 valence electrons. The van der Waals surface area contributed by atoms with E-state index in [4.69, 9.17) is 9.72 Å². The maximum atomic E-state index is 9.66. The van der Waals surface area contributed by atoms with Crippen molar-refractivity contribution in [3.8, 4) is 11.8 Å². The van der Waals surface area contributed by atoms with Gasteiger partial charge in [-0.05, 0) is 47.9 Å². The second kappa shape index (κ2) is 7.77. The van der Waals surface area contributed by atoms with Crippen molar-refractivity contribution in [1.82, 2.24) is 9.55 Å². The Kier molecular flexibility index (Phi) is 4.80. The Morgan fingerprint density at radius 2 is 1.87 bits per heavy atom. The number of fused-ring (bicyclic) bond motifs is 3. The number of para-hydroxylation sites is 3. The zero-order valence-corrected chi connectivity index (χ0v) is 17.7. The van der Waals surface area contributed by atoms with E-state index in [0.717, 1.165) is 57.8 Å². The third-order valence-corrected chi connectivity index (χ3v) is 5.91. The fourth-order valence-electron chi connectivity index (χ4n) is 4.42. The van der Waals surface area contributed by atoms with Gasteiger partial charge in [0.15, 0.2) is 0 Å². The number of hydrogen-bond donors (Lipinski definition) is 0. The van der Waals surface area contributed by atoms with Gasteiger partial charge in [0.25, 0.3) is 0 Å². The molecule has 0 bridgehead atoms. The van der Waals surface area contributed by atoms with E-state index in [9.17, 15) is 5.26 Å². The predicted octanol–water partition coefficient (Wildman–Crippen LogP) is 5.88. The van der Waals surface area contributed by atoms with Crippen molar-refractivity contribution in [2.75, 3.05) is 0 Å². The molecule has 0 saturated heterocycles. The van der Waals surface area contributed by atoms with Crippen molar-refractivity contribution < 1.29 is 4.74 Å². The van der Waals surface area contributed by atoms with Gasteiger partial charge >= 0.3 is 0 Å². The Bertz CT molecular complexity index is 1370. The molecule has 0 spiro atoms. The van der Waals surface area contributed by atoms with Crippen LogP contribution in [0.2, 0.25) is 0 Å². The smallest absolute Gasteiger partial charge is 0.127 e. The van der Waals surface area contributed by atoms with Crippen LogP contribution in [0.15, 0.2) is 72.3 Å². The van der Waals surface area contributed by atoms with E-state index in [-0.39, 0.29) is 0 Å². The van der Waals surface area contributed by atoms with Crippen LogP contribution in [0.1, 0.15) is 41.9 Å². The average molecular weight is 406 g/mol. The maximum Gasteiger partial charge on any atom is 0.127 e. The molecule has 0 radical (unpaired) electrons. The standard InChI is InChI=1S/C27H23N3O/c1-3-26-29-23-9-5-6-10-24(23)30(26)16-19-12-13-21-20(14-19)17-31-25-11-7-4-8-22(25)27(21)18(2)15-28/h4-14H,3,16-17H2,1-2H3/b27-18+. The Balaban J connectivity index is 1.61. The number of aromatic nitrogens is 2. The van der Waals surface area contributed by atoms with Crippen molar-refractivity contribution in [3.05, 3.63) is 100 Å². The summed E-state index contributed by atoms with van der Waals surface area (Å²) in [7, 11) is 0. The summed E-state index contributed by atoms with van der Waals surface area (Å²) in [5, 5.41) is 9.66. The molecular weight excluding hydrogens is 382 g/mol. The first-order valence-electron chi connectivity index (χ1n) is 10.6. The van der Waals surface area contributed by atoms with Crippen LogP contribution >= 0.6 is 0 Å². The Morgan fingerprint density at radius 1 is 1.06 bits per heavy atom. The lowest BCUT2D eigenvalue weighted by Crippen LogP contribution is -2.06. The van der Waals surface area contributed by atoms with Crippen molar-refractivity contribution in [3.63, 3.8) is 0 Å². The van der Waals surface area contributed by atoms with E-state index in [1.54, 1.807) is 0 Å². The van der Waals surface area contributed by atoms with E-state index in [1.165, 1.54) is 5.56 Å². The molecular formula is C27H23N3O. The van der Waals surface area contributed by atoms with Crippen LogP contribution in [-0.2, 0) is 19.6 Å². The summed E-state index contributed by atoms with van der Waals surface area (Å²) < 4.78 is 8.43. The predicted molar refractivity (Wildman–Crippen MR) is 123 cm³/mol. The van der Waals surface area contributed by atoms with Crippen molar-refractivity contribution >= 4 is 16.6 Å². The lowest BCUT2D eigenvalue weighted by molar-refractivity contribution is 0.307. The highest BCUT2D eigenvalue weighted by molar-refractivity contribution is 5.88. The van der Waals surface area contributed by atoms with Crippen molar-refractivity contribution in [2.45, 2.75) is 33.4 Å². The summed E-state index contributed by atoms with van der Waals surface area (Å²) in [5.74, 6) is 1.90. The van der Waals surface area contributed by atoms with E-state index in [1.807, 2.05) is 37.3 Å². The Labute approximate surface area is 182 Å². The lowest BCUT2D eigenvalue weighted by Gasteiger charge is -2.14. The van der Waals surface area contributed by atoms with Crippen LogP contribution in [0, 0.1) is 11.3 Å². The molecule has 0 atom stereocenters. The first-order valence-corrected chi connectivity index (χ1v) is 10.6. The summed E-state index contributed by atoms with van der Waals surface area (Å²) in [6.07, 6.45) is 0.881. The zero-order chi connectivity index (χ0) is 21.4. The number of imidazole rings is 1. The van der Waals surface area contributed by atoms with Gasteiger partial charge in [0.2, 0.25) is 0 Å². The second-order valence-electron chi connectivity index (χ2n) is 7.84. The van der Waals surface area contributed by atoms with Crippen LogP contribution in [0.25, 0.3) is 16.6 Å². The van der Waals surface area contributed by atoms with Gasteiger partial charge in [0.05, 0.1) is 17.1 Å². The molecule has 4 aromatic rings. The molecule has 0 unspecified atom stereocenters. The molecule has 0 amide bonds. The van der Waals surface area contributed by atoms with E-state index < -0.39 is 0 Å². The van der Waals surface area contributed by atoms with Gasteiger partial charge in [0.1, 0.15) is 18.2 Å².